The normalized spacial score (nSPS) is 11.4. The molecule has 0 saturated heterocycles. The lowest BCUT2D eigenvalue weighted by molar-refractivity contribution is -0.140. The Balaban J connectivity index is 1.37. The molecule has 13 heteroatoms. The van der Waals surface area contributed by atoms with Gasteiger partial charge >= 0.3 is 6.18 Å². The number of hydrogen-bond donors (Lipinski definition) is 0. The van der Waals surface area contributed by atoms with Crippen LogP contribution < -0.4 is 14.2 Å². The minimum absolute atomic E-state index is 0.0449. The van der Waals surface area contributed by atoms with Crippen molar-refractivity contribution >= 4 is 11.6 Å². The highest BCUT2D eigenvalue weighted by atomic mass is 35.5. The van der Waals surface area contributed by atoms with Crippen LogP contribution >= 0.6 is 11.6 Å². The summed E-state index contributed by atoms with van der Waals surface area (Å²) in [5.41, 5.74) is 2.11. The Hall–Kier alpha value is -5.36. The summed E-state index contributed by atoms with van der Waals surface area (Å²) in [5, 5.41) is 12.8. The standard InChI is InChI=1S/C34H28ClF3N6O3/c1-45-28-11-5-23(6-12-28)20-43-32(33(40-42-43)34(36,37)38)25-15-16-39-30(18-25)44-31(47-21-24-7-13-29(46-2)14-8-24)19-27(41-44)17-22-3-9-26(35)10-4-22/h3-16,18-19H,17,20-21H2,1-2H3. The van der Waals surface area contributed by atoms with E-state index in [1.807, 2.05) is 36.4 Å². The monoisotopic (exact) mass is 660 g/mol. The molecule has 9 nitrogen and oxygen atoms in total. The van der Waals surface area contributed by atoms with E-state index >= 15 is 0 Å². The van der Waals surface area contributed by atoms with Crippen LogP contribution in [-0.2, 0) is 25.7 Å². The smallest absolute Gasteiger partial charge is 0.437 e. The highest BCUT2D eigenvalue weighted by Crippen LogP contribution is 2.36. The van der Waals surface area contributed by atoms with Crippen molar-refractivity contribution in [3.05, 3.63) is 130 Å². The van der Waals surface area contributed by atoms with Crippen molar-refractivity contribution in [3.63, 3.8) is 0 Å². The zero-order chi connectivity index (χ0) is 33.0. The highest BCUT2D eigenvalue weighted by molar-refractivity contribution is 6.30. The molecule has 0 amide bonds. The van der Waals surface area contributed by atoms with Crippen molar-refractivity contribution < 1.29 is 27.4 Å². The predicted octanol–water partition coefficient (Wildman–Crippen LogP) is 7.43. The summed E-state index contributed by atoms with van der Waals surface area (Å²) in [6, 6.07) is 26.5. The fourth-order valence-corrected chi connectivity index (χ4v) is 5.07. The molecule has 3 aromatic heterocycles. The van der Waals surface area contributed by atoms with Crippen molar-refractivity contribution in [1.82, 2.24) is 29.8 Å². The third-order valence-electron chi connectivity index (χ3n) is 7.30. The molecule has 0 N–H and O–H groups in total. The van der Waals surface area contributed by atoms with Crippen LogP contribution in [-0.4, -0.2) is 44.0 Å². The van der Waals surface area contributed by atoms with E-state index in [0.29, 0.717) is 40.1 Å². The Bertz CT molecular complexity index is 1960. The third-order valence-corrected chi connectivity index (χ3v) is 7.55. The van der Waals surface area contributed by atoms with Gasteiger partial charge in [-0.1, -0.05) is 53.2 Å². The average molecular weight is 661 g/mol. The van der Waals surface area contributed by atoms with Crippen LogP contribution in [0, 0.1) is 0 Å². The maximum absolute atomic E-state index is 14.2. The van der Waals surface area contributed by atoms with Crippen LogP contribution in [0.4, 0.5) is 13.2 Å². The van der Waals surface area contributed by atoms with Gasteiger partial charge in [0.2, 0.25) is 5.88 Å². The van der Waals surface area contributed by atoms with Gasteiger partial charge in [-0.15, -0.1) is 5.10 Å². The molecular weight excluding hydrogens is 633 g/mol. The van der Waals surface area contributed by atoms with Crippen molar-refractivity contribution in [2.24, 2.45) is 0 Å². The van der Waals surface area contributed by atoms with Gasteiger partial charge in [-0.3, -0.25) is 0 Å². The van der Waals surface area contributed by atoms with E-state index in [0.717, 1.165) is 11.1 Å². The van der Waals surface area contributed by atoms with Crippen LogP contribution in [0.25, 0.3) is 17.1 Å². The molecule has 0 aliphatic carbocycles. The van der Waals surface area contributed by atoms with E-state index < -0.39 is 11.9 Å². The Morgan fingerprint density at radius 2 is 1.43 bits per heavy atom. The van der Waals surface area contributed by atoms with E-state index in [1.165, 1.54) is 34.8 Å². The minimum Gasteiger partial charge on any atom is -0.497 e. The molecule has 0 saturated carbocycles. The van der Waals surface area contributed by atoms with Crippen molar-refractivity contribution in [2.45, 2.75) is 25.7 Å². The van der Waals surface area contributed by atoms with Crippen molar-refractivity contribution in [2.75, 3.05) is 14.2 Å². The number of alkyl halides is 3. The van der Waals surface area contributed by atoms with Crippen molar-refractivity contribution in [3.8, 4) is 34.5 Å². The number of aromatic nitrogens is 6. The van der Waals surface area contributed by atoms with E-state index in [9.17, 15) is 13.2 Å². The number of methoxy groups -OCH3 is 2. The second-order valence-corrected chi connectivity index (χ2v) is 11.0. The topological polar surface area (TPSA) is 89.1 Å². The minimum atomic E-state index is -4.75. The van der Waals surface area contributed by atoms with E-state index in [2.05, 4.69) is 15.3 Å². The maximum atomic E-state index is 14.2. The number of pyridine rings is 1. The first-order chi connectivity index (χ1) is 22.7. The molecule has 0 spiro atoms. The largest absolute Gasteiger partial charge is 0.497 e. The SMILES string of the molecule is COc1ccc(COc2cc(Cc3ccc(Cl)cc3)nn2-c2cc(-c3c(C(F)(F)F)nnn3Cc3ccc(OC)cc3)ccn2)cc1. The molecule has 0 radical (unpaired) electrons. The summed E-state index contributed by atoms with van der Waals surface area (Å²) in [4.78, 5) is 4.46. The molecule has 0 unspecified atom stereocenters. The first-order valence-corrected chi connectivity index (χ1v) is 14.8. The zero-order valence-electron chi connectivity index (χ0n) is 25.3. The molecule has 240 valence electrons. The van der Waals surface area contributed by atoms with Crippen LogP contribution in [0.2, 0.25) is 5.02 Å². The van der Waals surface area contributed by atoms with Gasteiger partial charge in [-0.05, 0) is 65.2 Å². The van der Waals surface area contributed by atoms with E-state index in [1.54, 1.807) is 49.6 Å². The molecule has 3 heterocycles. The average Bonchev–Trinajstić information content (AvgIpc) is 3.70. The Kier molecular flexibility index (Phi) is 9.12. The van der Waals surface area contributed by atoms with Crippen LogP contribution in [0.1, 0.15) is 28.1 Å². The maximum Gasteiger partial charge on any atom is 0.437 e. The summed E-state index contributed by atoms with van der Waals surface area (Å²) < 4.78 is 62.0. The van der Waals surface area contributed by atoms with Gasteiger partial charge in [0.1, 0.15) is 23.8 Å². The van der Waals surface area contributed by atoms with Gasteiger partial charge in [0, 0.05) is 29.3 Å². The lowest BCUT2D eigenvalue weighted by atomic mass is 10.1. The molecule has 0 aliphatic heterocycles. The number of hydrogen-bond acceptors (Lipinski definition) is 7. The van der Waals surface area contributed by atoms with Gasteiger partial charge in [-0.2, -0.15) is 23.0 Å². The summed E-state index contributed by atoms with van der Waals surface area (Å²) in [6.45, 7) is 0.246. The van der Waals surface area contributed by atoms with Crippen LogP contribution in [0.3, 0.4) is 0 Å². The van der Waals surface area contributed by atoms with Gasteiger partial charge in [0.15, 0.2) is 11.5 Å². The molecule has 0 atom stereocenters. The second kappa shape index (κ2) is 13.6. The number of rotatable bonds is 11. The first-order valence-electron chi connectivity index (χ1n) is 14.4. The third kappa shape index (κ3) is 7.39. The van der Waals surface area contributed by atoms with Crippen LogP contribution in [0.15, 0.2) is 97.2 Å². The Labute approximate surface area is 273 Å². The molecule has 6 aromatic rings. The van der Waals surface area contributed by atoms with Gasteiger partial charge in [0.05, 0.1) is 26.5 Å². The molecule has 0 fully saturated rings. The number of benzene rings is 3. The fourth-order valence-electron chi connectivity index (χ4n) is 4.94. The number of nitrogens with zero attached hydrogens (tertiary/aromatic N) is 6. The molecule has 0 bridgehead atoms. The summed E-state index contributed by atoms with van der Waals surface area (Å²) in [6.07, 6.45) is -2.87. The Morgan fingerprint density at radius 1 is 0.787 bits per heavy atom. The molecule has 3 aromatic carbocycles. The number of halogens is 4. The summed E-state index contributed by atoms with van der Waals surface area (Å²) in [5.74, 6) is 1.95. The fraction of sp³-hybridized carbons (Fsp3) is 0.176. The second-order valence-electron chi connectivity index (χ2n) is 10.5. The predicted molar refractivity (Wildman–Crippen MR) is 169 cm³/mol. The first kappa shape index (κ1) is 31.6. The van der Waals surface area contributed by atoms with Gasteiger partial charge < -0.3 is 14.2 Å². The van der Waals surface area contributed by atoms with Gasteiger partial charge in [-0.25, -0.2) is 9.67 Å². The highest BCUT2D eigenvalue weighted by Gasteiger charge is 2.39. The number of ether oxygens (including phenoxy) is 3. The quantitative estimate of drug-likeness (QED) is 0.143. The molecule has 47 heavy (non-hydrogen) atoms. The molecule has 0 aliphatic rings. The molecule has 6 rings (SSSR count). The van der Waals surface area contributed by atoms with Crippen molar-refractivity contribution in [1.29, 1.82) is 0 Å². The Morgan fingerprint density at radius 3 is 2.06 bits per heavy atom. The van der Waals surface area contributed by atoms with E-state index in [-0.39, 0.29) is 30.2 Å². The molecular formula is C34H28ClF3N6O3. The van der Waals surface area contributed by atoms with E-state index in [4.69, 9.17) is 30.9 Å². The summed E-state index contributed by atoms with van der Waals surface area (Å²) in [7, 11) is 3.13. The van der Waals surface area contributed by atoms with Gasteiger partial charge in [0.25, 0.3) is 0 Å². The van der Waals surface area contributed by atoms with Crippen LogP contribution in [0.5, 0.6) is 17.4 Å². The zero-order valence-corrected chi connectivity index (χ0v) is 26.0. The lowest BCUT2D eigenvalue weighted by Gasteiger charge is -2.13. The lowest BCUT2D eigenvalue weighted by Crippen LogP contribution is -2.11. The summed E-state index contributed by atoms with van der Waals surface area (Å²) >= 11 is 6.07.